The van der Waals surface area contributed by atoms with E-state index in [1.807, 2.05) is 18.2 Å². The van der Waals surface area contributed by atoms with Crippen LogP contribution in [0.1, 0.15) is 80.0 Å². The Kier molecular flexibility index (Phi) is 9.97. The zero-order chi connectivity index (χ0) is 30.5. The van der Waals surface area contributed by atoms with E-state index in [1.165, 1.54) is 42.4 Å². The highest BCUT2D eigenvalue weighted by Gasteiger charge is 2.35. The van der Waals surface area contributed by atoms with Crippen molar-refractivity contribution >= 4 is 23.4 Å². The summed E-state index contributed by atoms with van der Waals surface area (Å²) < 4.78 is 0. The van der Waals surface area contributed by atoms with Gasteiger partial charge in [-0.2, -0.15) is 0 Å². The topological polar surface area (TPSA) is 108 Å². The Morgan fingerprint density at radius 2 is 1.70 bits per heavy atom. The number of nitrogens with two attached hydrogens (primary N) is 1. The summed E-state index contributed by atoms with van der Waals surface area (Å²) in [6.45, 7) is 3.40. The number of amides is 3. The van der Waals surface area contributed by atoms with Crippen molar-refractivity contribution in [3.8, 4) is 0 Å². The molecule has 236 valence electrons. The van der Waals surface area contributed by atoms with Crippen molar-refractivity contribution in [1.82, 2.24) is 15.1 Å². The highest BCUT2D eigenvalue weighted by Crippen LogP contribution is 2.36. The number of benzene rings is 2. The molecule has 4 atom stereocenters. The highest BCUT2D eigenvalue weighted by atomic mass is 16.2. The van der Waals surface area contributed by atoms with Crippen LogP contribution in [0.3, 0.4) is 0 Å². The third-order valence-electron chi connectivity index (χ3n) is 10.6. The van der Waals surface area contributed by atoms with Crippen LogP contribution >= 0.6 is 0 Å². The largest absolute Gasteiger partial charge is 0.343 e. The number of hydrogen-bond donors (Lipinski definition) is 3. The number of nitrogens with zero attached hydrogens (tertiary/aromatic N) is 2. The normalized spacial score (nSPS) is 23.7. The smallest absolute Gasteiger partial charge is 0.246 e. The van der Waals surface area contributed by atoms with Crippen LogP contribution in [0.4, 0.5) is 5.69 Å². The van der Waals surface area contributed by atoms with Crippen LogP contribution in [-0.2, 0) is 40.2 Å². The van der Waals surface area contributed by atoms with Gasteiger partial charge in [0.15, 0.2) is 0 Å². The quantitative estimate of drug-likeness (QED) is 0.380. The average molecular weight is 600 g/mol. The zero-order valence-corrected chi connectivity index (χ0v) is 26.1. The first kappa shape index (κ1) is 30.8. The molecule has 0 spiro atoms. The van der Waals surface area contributed by atoms with E-state index in [-0.39, 0.29) is 17.7 Å². The standard InChI is InChI=1S/C36H49N5O3/c37-18-16-32(35(43)38-31-15-14-25-11-5-12-27(25)21-31)39-36(44)33-22-28-8-2-4-10-30(28)23-40(33)19-6-13-34(42)41-20-17-26-7-1-3-9-29(26)24-41/h2,4,8,10,14-15,21,26,29,32-33H,1,3,5-7,9,11-13,16-20,22-24,37H2,(H,38,43)(H,39,44)/t26?,29?,32-,33-/m0/s1. The predicted molar refractivity (Wildman–Crippen MR) is 173 cm³/mol. The fourth-order valence-electron chi connectivity index (χ4n) is 8.07. The molecular weight excluding hydrogens is 550 g/mol. The van der Waals surface area contributed by atoms with Crippen molar-refractivity contribution in [2.45, 2.75) is 95.7 Å². The highest BCUT2D eigenvalue weighted by molar-refractivity contribution is 5.98. The van der Waals surface area contributed by atoms with Gasteiger partial charge in [0.1, 0.15) is 6.04 Å². The second-order valence-corrected chi connectivity index (χ2v) is 13.5. The summed E-state index contributed by atoms with van der Waals surface area (Å²) in [6, 6.07) is 13.2. The van der Waals surface area contributed by atoms with E-state index in [9.17, 15) is 14.4 Å². The van der Waals surface area contributed by atoms with Gasteiger partial charge in [-0.3, -0.25) is 19.3 Å². The Balaban J connectivity index is 1.08. The Hall–Kier alpha value is -3.23. The van der Waals surface area contributed by atoms with Gasteiger partial charge in [-0.05, 0) is 111 Å². The minimum Gasteiger partial charge on any atom is -0.343 e. The fourth-order valence-corrected chi connectivity index (χ4v) is 8.07. The van der Waals surface area contributed by atoms with Gasteiger partial charge in [-0.15, -0.1) is 0 Å². The van der Waals surface area contributed by atoms with Crippen LogP contribution < -0.4 is 16.4 Å². The molecule has 4 N–H and O–H groups in total. The van der Waals surface area contributed by atoms with Gasteiger partial charge >= 0.3 is 0 Å². The summed E-state index contributed by atoms with van der Waals surface area (Å²) in [7, 11) is 0. The molecule has 3 amide bonds. The molecule has 2 heterocycles. The molecule has 6 rings (SSSR count). The van der Waals surface area contributed by atoms with Crippen LogP contribution in [0.5, 0.6) is 0 Å². The maximum atomic E-state index is 13.8. The van der Waals surface area contributed by atoms with Gasteiger partial charge in [0.25, 0.3) is 0 Å². The number of fused-ring (bicyclic) bond motifs is 3. The van der Waals surface area contributed by atoms with Gasteiger partial charge in [0, 0.05) is 31.7 Å². The summed E-state index contributed by atoms with van der Waals surface area (Å²) in [5.41, 5.74) is 11.7. The maximum Gasteiger partial charge on any atom is 0.246 e. The van der Waals surface area contributed by atoms with Crippen LogP contribution in [0.2, 0.25) is 0 Å². The number of rotatable bonds is 10. The van der Waals surface area contributed by atoms with Crippen molar-refractivity contribution in [2.75, 3.05) is 31.5 Å². The number of piperidine rings is 1. The van der Waals surface area contributed by atoms with E-state index in [1.54, 1.807) is 0 Å². The van der Waals surface area contributed by atoms with Crippen LogP contribution in [-0.4, -0.2) is 65.8 Å². The zero-order valence-electron chi connectivity index (χ0n) is 26.1. The van der Waals surface area contributed by atoms with E-state index in [0.717, 1.165) is 55.9 Å². The Bertz CT molecular complexity index is 1340. The molecule has 1 saturated heterocycles. The van der Waals surface area contributed by atoms with E-state index in [0.29, 0.717) is 51.2 Å². The molecule has 8 nitrogen and oxygen atoms in total. The molecular formula is C36H49N5O3. The Morgan fingerprint density at radius 1 is 0.909 bits per heavy atom. The molecule has 4 aliphatic rings. The first-order valence-corrected chi connectivity index (χ1v) is 17.0. The minimum absolute atomic E-state index is 0.159. The molecule has 0 aromatic heterocycles. The van der Waals surface area contributed by atoms with E-state index >= 15 is 0 Å². The van der Waals surface area contributed by atoms with Crippen molar-refractivity contribution < 1.29 is 14.4 Å². The van der Waals surface area contributed by atoms with Gasteiger partial charge in [-0.25, -0.2) is 0 Å². The molecule has 2 aromatic rings. The lowest BCUT2D eigenvalue weighted by Gasteiger charge is -2.41. The number of hydrogen-bond acceptors (Lipinski definition) is 5. The number of nitrogens with one attached hydrogen (secondary N) is 2. The predicted octanol–water partition coefficient (Wildman–Crippen LogP) is 4.19. The van der Waals surface area contributed by atoms with E-state index in [4.69, 9.17) is 5.73 Å². The van der Waals surface area contributed by atoms with Gasteiger partial charge < -0.3 is 21.3 Å². The number of likely N-dealkylation sites (tertiary alicyclic amines) is 1. The second kappa shape index (κ2) is 14.2. The molecule has 1 saturated carbocycles. The number of aryl methyl sites for hydroxylation is 2. The third kappa shape index (κ3) is 7.18. The molecule has 8 heteroatoms. The minimum atomic E-state index is -0.718. The maximum absolute atomic E-state index is 13.8. The van der Waals surface area contributed by atoms with Crippen molar-refractivity contribution in [1.29, 1.82) is 0 Å². The van der Waals surface area contributed by atoms with Crippen LogP contribution in [0.25, 0.3) is 0 Å². The molecule has 2 aliphatic heterocycles. The van der Waals surface area contributed by atoms with Crippen molar-refractivity contribution in [3.05, 3.63) is 64.7 Å². The van der Waals surface area contributed by atoms with E-state index < -0.39 is 12.1 Å². The first-order valence-electron chi connectivity index (χ1n) is 17.0. The van der Waals surface area contributed by atoms with Crippen LogP contribution in [0, 0.1) is 11.8 Å². The SMILES string of the molecule is NCC[C@H](NC(=O)[C@@H]1Cc2ccccc2CN1CCCC(=O)N1CCC2CCCCC2C1)C(=O)Nc1ccc2c(c1)CCC2. The molecule has 0 radical (unpaired) electrons. The third-order valence-corrected chi connectivity index (χ3v) is 10.6. The van der Waals surface area contributed by atoms with Crippen LogP contribution in [0.15, 0.2) is 42.5 Å². The van der Waals surface area contributed by atoms with Gasteiger partial charge in [0.05, 0.1) is 6.04 Å². The number of carbonyl (C=O) groups excluding carboxylic acids is 3. The Morgan fingerprint density at radius 3 is 2.55 bits per heavy atom. The first-order chi connectivity index (χ1) is 21.5. The summed E-state index contributed by atoms with van der Waals surface area (Å²) in [4.78, 5) is 44.7. The van der Waals surface area contributed by atoms with Crippen molar-refractivity contribution in [3.63, 3.8) is 0 Å². The lowest BCUT2D eigenvalue weighted by atomic mass is 9.75. The number of anilines is 1. The summed E-state index contributed by atoms with van der Waals surface area (Å²) in [5, 5.41) is 6.07. The van der Waals surface area contributed by atoms with Gasteiger partial charge in [0.2, 0.25) is 17.7 Å². The summed E-state index contributed by atoms with van der Waals surface area (Å²) >= 11 is 0. The Labute approximate surface area is 262 Å². The molecule has 2 aliphatic carbocycles. The number of carbonyl (C=O) groups is 3. The molecule has 2 fully saturated rings. The van der Waals surface area contributed by atoms with E-state index in [2.05, 4.69) is 44.7 Å². The summed E-state index contributed by atoms with van der Waals surface area (Å²) in [6.07, 6.45) is 11.8. The average Bonchev–Trinajstić information content (AvgIpc) is 3.52. The molecule has 44 heavy (non-hydrogen) atoms. The molecule has 2 unspecified atom stereocenters. The summed E-state index contributed by atoms with van der Waals surface area (Å²) in [5.74, 6) is 1.33. The second-order valence-electron chi connectivity index (χ2n) is 13.5. The fraction of sp³-hybridized carbons (Fsp3) is 0.583. The van der Waals surface area contributed by atoms with Crippen molar-refractivity contribution in [2.24, 2.45) is 17.6 Å². The lowest BCUT2D eigenvalue weighted by molar-refractivity contribution is -0.134. The molecule has 0 bridgehead atoms. The van der Waals surface area contributed by atoms with Gasteiger partial charge in [-0.1, -0.05) is 49.6 Å². The lowest BCUT2D eigenvalue weighted by Crippen LogP contribution is -2.55. The molecule has 2 aromatic carbocycles. The monoisotopic (exact) mass is 599 g/mol.